The summed E-state index contributed by atoms with van der Waals surface area (Å²) in [7, 11) is 0. The Bertz CT molecular complexity index is 796. The number of hydrogen-bond acceptors (Lipinski definition) is 2. The van der Waals surface area contributed by atoms with E-state index in [4.69, 9.17) is 4.74 Å². The molecule has 6 heteroatoms. The van der Waals surface area contributed by atoms with Crippen molar-refractivity contribution in [3.05, 3.63) is 53.6 Å². The topological polar surface area (TPSA) is 38.3 Å². The summed E-state index contributed by atoms with van der Waals surface area (Å²) in [6.07, 6.45) is -1.31. The van der Waals surface area contributed by atoms with Gasteiger partial charge in [0.1, 0.15) is 6.10 Å². The van der Waals surface area contributed by atoms with E-state index in [0.29, 0.717) is 16.8 Å². The lowest BCUT2D eigenvalue weighted by Gasteiger charge is -2.16. The molecule has 0 aliphatic heterocycles. The summed E-state index contributed by atoms with van der Waals surface area (Å²) in [6, 6.07) is 10.3. The van der Waals surface area contributed by atoms with Crippen LogP contribution in [0.15, 0.2) is 42.5 Å². The molecule has 138 valence electrons. The lowest BCUT2D eigenvalue weighted by molar-refractivity contribution is -0.137. The summed E-state index contributed by atoms with van der Waals surface area (Å²) in [6.45, 7) is 1.84. The normalized spacial score (nSPS) is 15.1. The molecule has 1 N–H and O–H groups in total. The Morgan fingerprint density at radius 2 is 1.85 bits per heavy atom. The Labute approximate surface area is 150 Å². The van der Waals surface area contributed by atoms with Crippen LogP contribution in [-0.2, 0) is 10.9 Å². The fraction of sp³-hybridized carbons (Fsp3) is 0.350. The zero-order chi connectivity index (χ0) is 18.7. The first-order valence-electron chi connectivity index (χ1n) is 8.59. The van der Waals surface area contributed by atoms with E-state index in [9.17, 15) is 18.0 Å². The molecule has 0 aromatic heterocycles. The second kappa shape index (κ2) is 7.40. The number of alkyl halides is 3. The smallest absolute Gasteiger partial charge is 0.416 e. The van der Waals surface area contributed by atoms with Crippen LogP contribution in [0.2, 0.25) is 0 Å². The summed E-state index contributed by atoms with van der Waals surface area (Å²) in [5.41, 5.74) is 1.50. The quantitative estimate of drug-likeness (QED) is 0.708. The maximum atomic E-state index is 13.0. The minimum absolute atomic E-state index is 0.0857. The molecule has 26 heavy (non-hydrogen) atoms. The van der Waals surface area contributed by atoms with Crippen molar-refractivity contribution >= 4 is 11.8 Å². The monoisotopic (exact) mass is 363 g/mol. The van der Waals surface area contributed by atoms with Crippen molar-refractivity contribution < 1.29 is 22.7 Å². The van der Waals surface area contributed by atoms with Crippen LogP contribution in [0.25, 0.3) is 11.1 Å². The number of halogens is 3. The predicted molar refractivity (Wildman–Crippen MR) is 94.0 cm³/mol. The molecule has 0 radical (unpaired) electrons. The second-order valence-corrected chi connectivity index (χ2v) is 6.56. The van der Waals surface area contributed by atoms with Crippen LogP contribution in [0, 0.1) is 6.92 Å². The van der Waals surface area contributed by atoms with Gasteiger partial charge in [0.05, 0.1) is 11.3 Å². The molecule has 1 fully saturated rings. The first-order chi connectivity index (χ1) is 12.3. The van der Waals surface area contributed by atoms with Crippen LogP contribution in [0.5, 0.6) is 0 Å². The van der Waals surface area contributed by atoms with E-state index in [1.54, 1.807) is 24.3 Å². The minimum Gasteiger partial charge on any atom is -0.446 e. The molecule has 2 aromatic carbocycles. The number of ether oxygens (including phenoxy) is 1. The van der Waals surface area contributed by atoms with E-state index in [-0.39, 0.29) is 6.10 Å². The van der Waals surface area contributed by atoms with Gasteiger partial charge in [0.15, 0.2) is 0 Å². The van der Waals surface area contributed by atoms with Crippen molar-refractivity contribution in [3.8, 4) is 11.1 Å². The zero-order valence-electron chi connectivity index (χ0n) is 14.4. The maximum Gasteiger partial charge on any atom is 0.416 e. The predicted octanol–water partition coefficient (Wildman–Crippen LogP) is 6.17. The van der Waals surface area contributed by atoms with Crippen LogP contribution in [0.3, 0.4) is 0 Å². The molecule has 1 aliphatic carbocycles. The minimum atomic E-state index is -4.42. The van der Waals surface area contributed by atoms with E-state index in [0.717, 1.165) is 43.4 Å². The third-order valence-electron chi connectivity index (χ3n) is 4.49. The Hall–Kier alpha value is -2.50. The highest BCUT2D eigenvalue weighted by atomic mass is 19.4. The molecule has 3 nitrogen and oxygen atoms in total. The number of benzene rings is 2. The Kier molecular flexibility index (Phi) is 5.20. The van der Waals surface area contributed by atoms with Gasteiger partial charge < -0.3 is 4.74 Å². The number of nitrogens with one attached hydrogen (secondary N) is 1. The molecular weight excluding hydrogens is 343 g/mol. The number of amides is 1. The van der Waals surface area contributed by atoms with Crippen molar-refractivity contribution in [2.45, 2.75) is 44.9 Å². The number of rotatable bonds is 3. The highest BCUT2D eigenvalue weighted by molar-refractivity contribution is 5.91. The third kappa shape index (κ3) is 4.36. The molecule has 0 atom stereocenters. The van der Waals surface area contributed by atoms with Gasteiger partial charge in [-0.05, 0) is 62.4 Å². The number of carbonyl (C=O) groups excluding carboxylic acids is 1. The number of aryl methyl sites for hydroxylation is 1. The fourth-order valence-electron chi connectivity index (χ4n) is 3.17. The molecule has 2 aromatic rings. The Morgan fingerprint density at radius 3 is 2.54 bits per heavy atom. The van der Waals surface area contributed by atoms with Gasteiger partial charge in [0.2, 0.25) is 0 Å². The number of hydrogen-bond donors (Lipinski definition) is 1. The average molecular weight is 363 g/mol. The third-order valence-corrected chi connectivity index (χ3v) is 4.49. The first kappa shape index (κ1) is 18.3. The average Bonchev–Trinajstić information content (AvgIpc) is 3.08. The van der Waals surface area contributed by atoms with Gasteiger partial charge in [-0.1, -0.05) is 23.8 Å². The number of carbonyl (C=O) groups is 1. The van der Waals surface area contributed by atoms with Crippen molar-refractivity contribution in [1.29, 1.82) is 0 Å². The zero-order valence-corrected chi connectivity index (χ0v) is 14.4. The van der Waals surface area contributed by atoms with Crippen molar-refractivity contribution in [1.82, 2.24) is 0 Å². The Balaban J connectivity index is 1.87. The van der Waals surface area contributed by atoms with Crippen molar-refractivity contribution in [2.24, 2.45) is 0 Å². The Morgan fingerprint density at radius 1 is 1.12 bits per heavy atom. The fourth-order valence-corrected chi connectivity index (χ4v) is 3.17. The van der Waals surface area contributed by atoms with Gasteiger partial charge in [-0.25, -0.2) is 4.79 Å². The van der Waals surface area contributed by atoms with E-state index in [2.05, 4.69) is 5.32 Å². The molecule has 0 heterocycles. The molecule has 3 rings (SSSR count). The maximum absolute atomic E-state index is 13.0. The molecule has 0 bridgehead atoms. The molecule has 0 saturated heterocycles. The summed E-state index contributed by atoms with van der Waals surface area (Å²) in [4.78, 5) is 12.1. The molecule has 1 saturated carbocycles. The van der Waals surface area contributed by atoms with Crippen molar-refractivity contribution in [3.63, 3.8) is 0 Å². The summed E-state index contributed by atoms with van der Waals surface area (Å²) in [5, 5.41) is 2.68. The lowest BCUT2D eigenvalue weighted by atomic mass is 9.99. The highest BCUT2D eigenvalue weighted by Crippen LogP contribution is 2.35. The summed E-state index contributed by atoms with van der Waals surface area (Å²) in [5.74, 6) is 0. The van der Waals surface area contributed by atoms with Crippen LogP contribution >= 0.6 is 0 Å². The van der Waals surface area contributed by atoms with Crippen LogP contribution in [0.1, 0.15) is 36.8 Å². The molecule has 0 unspecified atom stereocenters. The van der Waals surface area contributed by atoms with E-state index >= 15 is 0 Å². The summed E-state index contributed by atoms with van der Waals surface area (Å²) >= 11 is 0. The van der Waals surface area contributed by atoms with E-state index in [1.807, 2.05) is 6.92 Å². The highest BCUT2D eigenvalue weighted by Gasteiger charge is 2.30. The molecule has 1 amide bonds. The van der Waals surface area contributed by atoms with Gasteiger partial charge in [-0.15, -0.1) is 0 Å². The molecule has 0 spiro atoms. The lowest BCUT2D eigenvalue weighted by Crippen LogP contribution is -2.20. The first-order valence-corrected chi connectivity index (χ1v) is 8.59. The second-order valence-electron chi connectivity index (χ2n) is 6.56. The number of anilines is 1. The van der Waals surface area contributed by atoms with Crippen LogP contribution < -0.4 is 5.32 Å². The van der Waals surface area contributed by atoms with Gasteiger partial charge in [-0.2, -0.15) is 13.2 Å². The van der Waals surface area contributed by atoms with Gasteiger partial charge in [-0.3, -0.25) is 5.32 Å². The molecular formula is C20H20F3NO2. The van der Waals surface area contributed by atoms with E-state index in [1.165, 1.54) is 6.07 Å². The molecule has 1 aliphatic rings. The van der Waals surface area contributed by atoms with Gasteiger partial charge in [0, 0.05) is 5.56 Å². The van der Waals surface area contributed by atoms with Gasteiger partial charge in [0.25, 0.3) is 0 Å². The van der Waals surface area contributed by atoms with Crippen LogP contribution in [0.4, 0.5) is 23.7 Å². The van der Waals surface area contributed by atoms with Gasteiger partial charge >= 0.3 is 12.3 Å². The van der Waals surface area contributed by atoms with Crippen LogP contribution in [-0.4, -0.2) is 12.2 Å². The standard InChI is InChI=1S/C20H20F3NO2/c1-13-9-10-18(24-19(25)26-16-7-2-3-8-16)17(11-13)14-5-4-6-15(12-14)20(21,22)23/h4-6,9-12,16H,2-3,7-8H2,1H3,(H,24,25). The SMILES string of the molecule is Cc1ccc(NC(=O)OC2CCCC2)c(-c2cccc(C(F)(F)F)c2)c1. The van der Waals surface area contributed by atoms with E-state index < -0.39 is 17.8 Å². The largest absolute Gasteiger partial charge is 0.446 e. The van der Waals surface area contributed by atoms with Crippen molar-refractivity contribution in [2.75, 3.05) is 5.32 Å². The summed E-state index contributed by atoms with van der Waals surface area (Å²) < 4.78 is 44.4.